The molecule has 0 spiro atoms. The largest absolute Gasteiger partial charge is 0.314 e. The van der Waals surface area contributed by atoms with E-state index in [1.165, 1.54) is 12.1 Å². The van der Waals surface area contributed by atoms with Crippen LogP contribution >= 0.6 is 23.2 Å². The molecule has 114 valence electrons. The Kier molecular flexibility index (Phi) is 6.51. The van der Waals surface area contributed by atoms with Crippen molar-refractivity contribution < 1.29 is 12.8 Å². The molecule has 0 aliphatic rings. The second kappa shape index (κ2) is 7.45. The normalized spacial score (nSPS) is 11.9. The van der Waals surface area contributed by atoms with Crippen molar-refractivity contribution in [1.29, 1.82) is 0 Å². The van der Waals surface area contributed by atoms with Gasteiger partial charge in [0.25, 0.3) is 0 Å². The van der Waals surface area contributed by atoms with Gasteiger partial charge in [-0.05, 0) is 25.1 Å². The van der Waals surface area contributed by atoms with Gasteiger partial charge in [0.1, 0.15) is 0 Å². The molecule has 0 radical (unpaired) electrons. The molecule has 0 bridgehead atoms. The maximum Gasteiger partial charge on any atom is 0.232 e. The fraction of sp³-hybridized carbons (Fsp3) is 0.500. The lowest BCUT2D eigenvalue weighted by molar-refractivity contribution is 0.571. The Morgan fingerprint density at radius 2 is 1.80 bits per heavy atom. The molecule has 1 rings (SSSR count). The van der Waals surface area contributed by atoms with Crippen molar-refractivity contribution in [3.63, 3.8) is 0 Å². The zero-order valence-corrected chi connectivity index (χ0v) is 13.5. The fourth-order valence-corrected chi connectivity index (χ4v) is 3.09. The highest BCUT2D eigenvalue weighted by molar-refractivity contribution is 7.92. The summed E-state index contributed by atoms with van der Waals surface area (Å²) in [5.74, 6) is -0.809. The predicted molar refractivity (Wildman–Crippen MR) is 81.6 cm³/mol. The first kappa shape index (κ1) is 17.5. The van der Waals surface area contributed by atoms with Crippen LogP contribution in [0.2, 0.25) is 10.0 Å². The van der Waals surface area contributed by atoms with Gasteiger partial charge in [0.2, 0.25) is 10.0 Å². The minimum Gasteiger partial charge on any atom is -0.314 e. The first-order valence-electron chi connectivity index (χ1n) is 6.09. The molecule has 1 aromatic carbocycles. The first-order chi connectivity index (χ1) is 9.21. The van der Waals surface area contributed by atoms with Gasteiger partial charge in [-0.3, -0.25) is 4.72 Å². The zero-order chi connectivity index (χ0) is 15.3. The number of hydrogen-bond acceptors (Lipinski definition) is 3. The molecule has 0 amide bonds. The third-order valence-electron chi connectivity index (χ3n) is 2.40. The van der Waals surface area contributed by atoms with Crippen LogP contribution in [-0.2, 0) is 10.0 Å². The van der Waals surface area contributed by atoms with E-state index < -0.39 is 15.8 Å². The summed E-state index contributed by atoms with van der Waals surface area (Å²) >= 11 is 11.2. The Bertz CT molecular complexity index is 542. The highest BCUT2D eigenvalue weighted by Crippen LogP contribution is 2.27. The van der Waals surface area contributed by atoms with E-state index in [1.807, 2.05) is 13.8 Å². The minimum atomic E-state index is -3.51. The molecule has 0 saturated heterocycles. The monoisotopic (exact) mass is 342 g/mol. The summed E-state index contributed by atoms with van der Waals surface area (Å²) in [6.45, 7) is 4.56. The molecule has 0 saturated carbocycles. The van der Waals surface area contributed by atoms with Crippen LogP contribution < -0.4 is 10.0 Å². The molecule has 0 atom stereocenters. The van der Waals surface area contributed by atoms with E-state index in [1.54, 1.807) is 0 Å². The van der Waals surface area contributed by atoms with Gasteiger partial charge in [-0.2, -0.15) is 0 Å². The van der Waals surface area contributed by atoms with Crippen LogP contribution in [0, 0.1) is 5.82 Å². The fourth-order valence-electron chi connectivity index (χ4n) is 1.50. The number of hydrogen-bond donors (Lipinski definition) is 2. The molecular formula is C12H17Cl2FN2O2S. The van der Waals surface area contributed by atoms with E-state index in [-0.39, 0.29) is 21.5 Å². The van der Waals surface area contributed by atoms with Crippen LogP contribution in [-0.4, -0.2) is 26.8 Å². The summed E-state index contributed by atoms with van der Waals surface area (Å²) < 4.78 is 39.2. The van der Waals surface area contributed by atoms with Gasteiger partial charge in [0, 0.05) is 6.04 Å². The predicted octanol–water partition coefficient (Wildman–Crippen LogP) is 3.26. The standard InChI is InChI=1S/C12H17Cl2FN2O2S/c1-8(2)16-4-3-5-20(18,19)17-9-6-10(13)12(15)11(14)7-9/h6-8,16-17H,3-5H2,1-2H3. The Hall–Kier alpha value is -0.560. The van der Waals surface area contributed by atoms with E-state index in [0.29, 0.717) is 19.0 Å². The van der Waals surface area contributed by atoms with Crippen LogP contribution in [0.15, 0.2) is 12.1 Å². The van der Waals surface area contributed by atoms with Crippen molar-refractivity contribution in [2.75, 3.05) is 17.0 Å². The van der Waals surface area contributed by atoms with Gasteiger partial charge in [-0.1, -0.05) is 37.0 Å². The van der Waals surface area contributed by atoms with Gasteiger partial charge >= 0.3 is 0 Å². The highest BCUT2D eigenvalue weighted by atomic mass is 35.5. The van der Waals surface area contributed by atoms with Crippen molar-refractivity contribution in [2.45, 2.75) is 26.3 Å². The molecule has 8 heteroatoms. The molecule has 0 heterocycles. The summed E-state index contributed by atoms with van der Waals surface area (Å²) in [4.78, 5) is 0. The third-order valence-corrected chi connectivity index (χ3v) is 4.32. The second-order valence-corrected chi connectivity index (χ2v) is 7.29. The Morgan fingerprint density at radius 1 is 1.25 bits per heavy atom. The SMILES string of the molecule is CC(C)NCCCS(=O)(=O)Nc1cc(Cl)c(F)c(Cl)c1. The Labute approximate surface area is 128 Å². The van der Waals surface area contributed by atoms with E-state index in [9.17, 15) is 12.8 Å². The highest BCUT2D eigenvalue weighted by Gasteiger charge is 2.13. The molecule has 1 aromatic rings. The van der Waals surface area contributed by atoms with Gasteiger partial charge in [-0.15, -0.1) is 0 Å². The lowest BCUT2D eigenvalue weighted by Gasteiger charge is -2.11. The van der Waals surface area contributed by atoms with E-state index in [4.69, 9.17) is 23.2 Å². The van der Waals surface area contributed by atoms with Gasteiger partial charge in [-0.25, -0.2) is 12.8 Å². The van der Waals surface area contributed by atoms with Crippen LogP contribution in [0.3, 0.4) is 0 Å². The quantitative estimate of drug-likeness (QED) is 0.590. The van der Waals surface area contributed by atoms with Crippen LogP contribution in [0.4, 0.5) is 10.1 Å². The van der Waals surface area contributed by atoms with Gasteiger partial charge < -0.3 is 5.32 Å². The lowest BCUT2D eigenvalue weighted by atomic mass is 10.3. The van der Waals surface area contributed by atoms with Crippen molar-refractivity contribution in [3.05, 3.63) is 28.0 Å². The summed E-state index contributed by atoms with van der Waals surface area (Å²) in [6.07, 6.45) is 0.468. The summed E-state index contributed by atoms with van der Waals surface area (Å²) in [7, 11) is -3.51. The third kappa shape index (κ3) is 5.83. The average molecular weight is 343 g/mol. The van der Waals surface area contributed by atoms with Crippen molar-refractivity contribution in [1.82, 2.24) is 5.32 Å². The average Bonchev–Trinajstić information content (AvgIpc) is 2.31. The molecule has 20 heavy (non-hydrogen) atoms. The van der Waals surface area contributed by atoms with E-state index >= 15 is 0 Å². The van der Waals surface area contributed by atoms with Crippen molar-refractivity contribution in [2.24, 2.45) is 0 Å². The molecule has 2 N–H and O–H groups in total. The number of nitrogens with one attached hydrogen (secondary N) is 2. The maximum absolute atomic E-state index is 13.2. The topological polar surface area (TPSA) is 58.2 Å². The van der Waals surface area contributed by atoms with Crippen LogP contribution in [0.1, 0.15) is 20.3 Å². The summed E-state index contributed by atoms with van der Waals surface area (Å²) in [6, 6.07) is 2.68. The van der Waals surface area contributed by atoms with E-state index in [0.717, 1.165) is 0 Å². The molecule has 0 aliphatic heterocycles. The minimum absolute atomic E-state index is 0.0423. The zero-order valence-electron chi connectivity index (χ0n) is 11.2. The van der Waals surface area contributed by atoms with Gasteiger partial charge in [0.15, 0.2) is 5.82 Å². The van der Waals surface area contributed by atoms with Crippen LogP contribution in [0.5, 0.6) is 0 Å². The molecule has 4 nitrogen and oxygen atoms in total. The van der Waals surface area contributed by atoms with Crippen molar-refractivity contribution in [3.8, 4) is 0 Å². The first-order valence-corrected chi connectivity index (χ1v) is 8.50. The molecular weight excluding hydrogens is 326 g/mol. The van der Waals surface area contributed by atoms with Crippen molar-refractivity contribution >= 4 is 38.9 Å². The summed E-state index contributed by atoms with van der Waals surface area (Å²) in [5, 5.41) is 2.67. The number of halogens is 3. The Morgan fingerprint density at radius 3 is 2.30 bits per heavy atom. The smallest absolute Gasteiger partial charge is 0.232 e. The lowest BCUT2D eigenvalue weighted by Crippen LogP contribution is -2.26. The number of anilines is 1. The van der Waals surface area contributed by atoms with E-state index in [2.05, 4.69) is 10.0 Å². The van der Waals surface area contributed by atoms with Gasteiger partial charge in [0.05, 0.1) is 21.5 Å². The molecule has 0 fully saturated rings. The number of benzene rings is 1. The second-order valence-electron chi connectivity index (χ2n) is 4.64. The molecule has 0 aliphatic carbocycles. The molecule has 0 unspecified atom stereocenters. The maximum atomic E-state index is 13.2. The number of sulfonamides is 1. The number of rotatable bonds is 7. The Balaban J connectivity index is 2.62. The summed E-state index contributed by atoms with van der Waals surface area (Å²) in [5.41, 5.74) is 0.151. The van der Waals surface area contributed by atoms with Crippen LogP contribution in [0.25, 0.3) is 0 Å². The molecule has 0 aromatic heterocycles.